The molecule has 5 nitrogen and oxygen atoms in total. The van der Waals surface area contributed by atoms with Gasteiger partial charge in [0.2, 0.25) is 0 Å². The number of hydrogen-bond acceptors (Lipinski definition) is 2. The molecule has 1 aliphatic rings. The Morgan fingerprint density at radius 3 is 2.35 bits per heavy atom. The van der Waals surface area contributed by atoms with Gasteiger partial charge in [-0.2, -0.15) is 0 Å². The van der Waals surface area contributed by atoms with E-state index in [0.717, 1.165) is 24.0 Å². The second kappa shape index (κ2) is 9.60. The lowest BCUT2D eigenvalue weighted by atomic mass is 9.64. The largest absolute Gasteiger partial charge is 0.356 e. The molecule has 0 radical (unpaired) electrons. The van der Waals surface area contributed by atoms with Gasteiger partial charge in [-0.3, -0.25) is 9.79 Å². The fraction of sp³-hybridized carbons (Fsp3) is 0.619. The SMILES string of the molecule is CCNC(=O)c1ccc(CNC(=NC)NCC2(CC(C)C)CCC2)cc1. The van der Waals surface area contributed by atoms with Crippen LogP contribution in [-0.2, 0) is 6.54 Å². The van der Waals surface area contributed by atoms with Crippen LogP contribution < -0.4 is 16.0 Å². The summed E-state index contributed by atoms with van der Waals surface area (Å²) in [7, 11) is 1.81. The van der Waals surface area contributed by atoms with Gasteiger partial charge >= 0.3 is 0 Å². The van der Waals surface area contributed by atoms with Crippen LogP contribution in [0.5, 0.6) is 0 Å². The molecular weight excluding hydrogens is 324 g/mol. The van der Waals surface area contributed by atoms with Crippen molar-refractivity contribution in [2.45, 2.75) is 53.0 Å². The Labute approximate surface area is 158 Å². The van der Waals surface area contributed by atoms with Gasteiger partial charge in [0.05, 0.1) is 0 Å². The number of carbonyl (C=O) groups is 1. The van der Waals surface area contributed by atoms with Gasteiger partial charge in [0.25, 0.3) is 5.91 Å². The van der Waals surface area contributed by atoms with E-state index in [2.05, 4.69) is 34.8 Å². The van der Waals surface area contributed by atoms with Crippen LogP contribution in [0.15, 0.2) is 29.3 Å². The summed E-state index contributed by atoms with van der Waals surface area (Å²) in [4.78, 5) is 16.1. The summed E-state index contributed by atoms with van der Waals surface area (Å²) in [5.41, 5.74) is 2.26. The number of nitrogens with zero attached hydrogens (tertiary/aromatic N) is 1. The Hall–Kier alpha value is -2.04. The zero-order valence-electron chi connectivity index (χ0n) is 16.7. The summed E-state index contributed by atoms with van der Waals surface area (Å²) in [6, 6.07) is 7.70. The summed E-state index contributed by atoms with van der Waals surface area (Å²) < 4.78 is 0. The Morgan fingerprint density at radius 1 is 1.15 bits per heavy atom. The average Bonchev–Trinajstić information content (AvgIpc) is 2.59. The third-order valence-electron chi connectivity index (χ3n) is 5.12. The minimum atomic E-state index is -0.0274. The minimum absolute atomic E-state index is 0.0274. The second-order valence-electron chi connectivity index (χ2n) is 7.79. The Morgan fingerprint density at radius 2 is 1.85 bits per heavy atom. The molecule has 0 bridgehead atoms. The molecule has 0 spiro atoms. The van der Waals surface area contributed by atoms with Gasteiger partial charge in [-0.15, -0.1) is 0 Å². The molecule has 1 aliphatic carbocycles. The quantitative estimate of drug-likeness (QED) is 0.493. The number of carbonyl (C=O) groups excluding carboxylic acids is 1. The molecule has 0 unspecified atom stereocenters. The van der Waals surface area contributed by atoms with Crippen LogP contribution in [0.1, 0.15) is 62.4 Å². The van der Waals surface area contributed by atoms with Crippen molar-refractivity contribution in [1.82, 2.24) is 16.0 Å². The maximum atomic E-state index is 11.8. The molecule has 1 aromatic carbocycles. The van der Waals surface area contributed by atoms with Crippen molar-refractivity contribution in [3.8, 4) is 0 Å². The number of amides is 1. The molecule has 144 valence electrons. The summed E-state index contributed by atoms with van der Waals surface area (Å²) in [5, 5.41) is 9.69. The molecule has 1 fully saturated rings. The van der Waals surface area contributed by atoms with Crippen molar-refractivity contribution in [1.29, 1.82) is 0 Å². The topological polar surface area (TPSA) is 65.5 Å². The molecule has 1 aromatic rings. The lowest BCUT2D eigenvalue weighted by Gasteiger charge is -2.43. The maximum absolute atomic E-state index is 11.8. The van der Waals surface area contributed by atoms with E-state index in [-0.39, 0.29) is 5.91 Å². The summed E-state index contributed by atoms with van der Waals surface area (Å²) in [5.74, 6) is 1.55. The van der Waals surface area contributed by atoms with Crippen LogP contribution in [0, 0.1) is 11.3 Å². The molecular formula is C21H34N4O. The molecule has 0 aliphatic heterocycles. The number of benzene rings is 1. The maximum Gasteiger partial charge on any atom is 0.251 e. The van der Waals surface area contributed by atoms with Crippen LogP contribution in [0.4, 0.5) is 0 Å². The van der Waals surface area contributed by atoms with Crippen LogP contribution >= 0.6 is 0 Å². The highest BCUT2D eigenvalue weighted by Gasteiger charge is 2.37. The molecule has 0 saturated heterocycles. The zero-order valence-corrected chi connectivity index (χ0v) is 16.7. The molecule has 26 heavy (non-hydrogen) atoms. The van der Waals surface area contributed by atoms with Crippen molar-refractivity contribution in [3.05, 3.63) is 35.4 Å². The molecule has 1 saturated carbocycles. The van der Waals surface area contributed by atoms with Gasteiger partial charge < -0.3 is 16.0 Å². The highest BCUT2D eigenvalue weighted by molar-refractivity contribution is 5.94. The first kappa shape index (κ1) is 20.3. The number of guanidine groups is 1. The molecule has 1 amide bonds. The van der Waals surface area contributed by atoms with Crippen molar-refractivity contribution in [2.24, 2.45) is 16.3 Å². The number of nitrogens with one attached hydrogen (secondary N) is 3. The van der Waals surface area contributed by atoms with Crippen molar-refractivity contribution < 1.29 is 4.79 Å². The lowest BCUT2D eigenvalue weighted by Crippen LogP contribution is -2.46. The van der Waals surface area contributed by atoms with Gasteiger partial charge in [0.15, 0.2) is 5.96 Å². The van der Waals surface area contributed by atoms with E-state index in [1.54, 1.807) is 0 Å². The van der Waals surface area contributed by atoms with E-state index < -0.39 is 0 Å². The van der Waals surface area contributed by atoms with Gasteiger partial charge in [-0.05, 0) is 55.2 Å². The normalized spacial score (nSPS) is 16.1. The molecule has 5 heteroatoms. The standard InChI is InChI=1S/C21H34N4O/c1-5-23-19(26)18-9-7-17(8-10-18)14-24-20(22-4)25-15-21(11-6-12-21)13-16(2)3/h7-10,16H,5-6,11-15H2,1-4H3,(H,23,26)(H2,22,24,25). The average molecular weight is 359 g/mol. The lowest BCUT2D eigenvalue weighted by molar-refractivity contribution is 0.0955. The van der Waals surface area contributed by atoms with Crippen LogP contribution in [0.25, 0.3) is 0 Å². The third kappa shape index (κ3) is 5.75. The van der Waals surface area contributed by atoms with E-state index >= 15 is 0 Å². The molecule has 3 N–H and O–H groups in total. The predicted molar refractivity (Wildman–Crippen MR) is 108 cm³/mol. The molecule has 0 atom stereocenters. The zero-order chi connectivity index (χ0) is 19.0. The van der Waals surface area contributed by atoms with E-state index in [4.69, 9.17) is 0 Å². The molecule has 0 aromatic heterocycles. The van der Waals surface area contributed by atoms with Gasteiger partial charge in [-0.1, -0.05) is 32.4 Å². The van der Waals surface area contributed by atoms with Gasteiger partial charge in [0.1, 0.15) is 0 Å². The highest BCUT2D eigenvalue weighted by atomic mass is 16.1. The van der Waals surface area contributed by atoms with E-state index in [9.17, 15) is 4.79 Å². The third-order valence-corrected chi connectivity index (χ3v) is 5.12. The summed E-state index contributed by atoms with van der Waals surface area (Å²) in [6.07, 6.45) is 5.25. The molecule has 2 rings (SSSR count). The van der Waals surface area contributed by atoms with Crippen molar-refractivity contribution >= 4 is 11.9 Å². The number of rotatable bonds is 8. The summed E-state index contributed by atoms with van der Waals surface area (Å²) >= 11 is 0. The monoisotopic (exact) mass is 358 g/mol. The number of aliphatic imine (C=N–C) groups is 1. The highest BCUT2D eigenvalue weighted by Crippen LogP contribution is 2.45. The van der Waals surface area contributed by atoms with E-state index in [1.165, 1.54) is 25.7 Å². The second-order valence-corrected chi connectivity index (χ2v) is 7.79. The minimum Gasteiger partial charge on any atom is -0.356 e. The fourth-order valence-corrected chi connectivity index (χ4v) is 3.71. The number of hydrogen-bond donors (Lipinski definition) is 3. The Kier molecular flexibility index (Phi) is 7.49. The van der Waals surface area contributed by atoms with Gasteiger partial charge in [0, 0.05) is 32.2 Å². The van der Waals surface area contributed by atoms with Crippen LogP contribution in [0.3, 0.4) is 0 Å². The van der Waals surface area contributed by atoms with E-state index in [1.807, 2.05) is 38.2 Å². The smallest absolute Gasteiger partial charge is 0.251 e. The predicted octanol–water partition coefficient (Wildman–Crippen LogP) is 3.32. The van der Waals surface area contributed by atoms with E-state index in [0.29, 0.717) is 24.1 Å². The first-order valence-electron chi connectivity index (χ1n) is 9.79. The van der Waals surface area contributed by atoms with Crippen LogP contribution in [0.2, 0.25) is 0 Å². The first-order valence-corrected chi connectivity index (χ1v) is 9.79. The van der Waals surface area contributed by atoms with Crippen molar-refractivity contribution in [2.75, 3.05) is 20.1 Å². The molecule has 0 heterocycles. The van der Waals surface area contributed by atoms with Gasteiger partial charge in [-0.25, -0.2) is 0 Å². The summed E-state index contributed by atoms with van der Waals surface area (Å²) in [6.45, 7) is 8.84. The Balaban J connectivity index is 1.82. The van der Waals surface area contributed by atoms with Crippen LogP contribution in [-0.4, -0.2) is 32.0 Å². The Bertz CT molecular complexity index is 603. The fourth-order valence-electron chi connectivity index (χ4n) is 3.71. The van der Waals surface area contributed by atoms with Crippen molar-refractivity contribution in [3.63, 3.8) is 0 Å². The first-order chi connectivity index (χ1) is 12.5.